The lowest BCUT2D eigenvalue weighted by atomic mass is 10.2. The Labute approximate surface area is 158 Å². The summed E-state index contributed by atoms with van der Waals surface area (Å²) >= 11 is 0. The van der Waals surface area contributed by atoms with E-state index in [4.69, 9.17) is 4.42 Å². The minimum Gasteiger partial charge on any atom is -0.451 e. The first-order valence-corrected chi connectivity index (χ1v) is 9.41. The number of amides is 1. The number of furan rings is 1. The van der Waals surface area contributed by atoms with Crippen LogP contribution in [0, 0.1) is 0 Å². The van der Waals surface area contributed by atoms with Gasteiger partial charge < -0.3 is 9.32 Å². The van der Waals surface area contributed by atoms with Crippen LogP contribution in [0.1, 0.15) is 16.1 Å². The second kappa shape index (κ2) is 6.86. The maximum Gasteiger partial charge on any atom is 0.417 e. The molecular weight excluding hydrogens is 397 g/mol. The second-order valence-corrected chi connectivity index (χ2v) is 7.81. The van der Waals surface area contributed by atoms with E-state index in [0.717, 1.165) is 23.9 Å². The zero-order valence-corrected chi connectivity index (χ0v) is 15.6. The van der Waals surface area contributed by atoms with Gasteiger partial charge in [-0.15, -0.1) is 0 Å². The summed E-state index contributed by atoms with van der Waals surface area (Å²) < 4.78 is 71.0. The van der Waals surface area contributed by atoms with E-state index in [-0.39, 0.29) is 5.76 Å². The van der Waals surface area contributed by atoms with E-state index in [9.17, 15) is 26.4 Å². The molecule has 3 rings (SSSR count). The average molecular weight is 412 g/mol. The maximum absolute atomic E-state index is 13.1. The number of fused-ring (bicyclic) bond motifs is 1. The van der Waals surface area contributed by atoms with Gasteiger partial charge in [-0.25, -0.2) is 13.1 Å². The van der Waals surface area contributed by atoms with E-state index in [1.54, 1.807) is 27.8 Å². The highest BCUT2D eigenvalue weighted by atomic mass is 32.2. The minimum absolute atomic E-state index is 0.334. The molecule has 1 heterocycles. The fraction of sp³-hybridized carbons (Fsp3) is 0.167. The van der Waals surface area contributed by atoms with E-state index in [0.29, 0.717) is 17.0 Å². The molecule has 6 nitrogen and oxygen atoms in total. The molecule has 1 amide bonds. The molecular formula is C18H15F3N2O4S. The Morgan fingerprint density at radius 3 is 2.39 bits per heavy atom. The molecule has 0 bridgehead atoms. The SMILES string of the molecule is CN(C)c1ccc2cc(C(=O)NS(=O)(=O)c3ccccc3C(F)(F)F)oc2c1. The number of benzene rings is 2. The van der Waals surface area contributed by atoms with Crippen molar-refractivity contribution in [1.82, 2.24) is 4.72 Å². The summed E-state index contributed by atoms with van der Waals surface area (Å²) in [6, 6.07) is 10.0. The van der Waals surface area contributed by atoms with Crippen LogP contribution in [0.5, 0.6) is 0 Å². The van der Waals surface area contributed by atoms with Gasteiger partial charge in [-0.05, 0) is 30.3 Å². The third-order valence-electron chi connectivity index (χ3n) is 3.95. The molecule has 0 spiro atoms. The van der Waals surface area contributed by atoms with E-state index in [1.807, 2.05) is 14.1 Å². The largest absolute Gasteiger partial charge is 0.451 e. The quantitative estimate of drug-likeness (QED) is 0.708. The van der Waals surface area contributed by atoms with Crippen LogP contribution < -0.4 is 9.62 Å². The van der Waals surface area contributed by atoms with Crippen molar-refractivity contribution < 1.29 is 30.8 Å². The molecule has 0 unspecified atom stereocenters. The third kappa shape index (κ3) is 3.81. The van der Waals surface area contributed by atoms with Crippen LogP contribution in [0.2, 0.25) is 0 Å². The van der Waals surface area contributed by atoms with Crippen molar-refractivity contribution in [2.75, 3.05) is 19.0 Å². The lowest BCUT2D eigenvalue weighted by Crippen LogP contribution is -2.31. The monoisotopic (exact) mass is 412 g/mol. The molecule has 0 saturated carbocycles. The highest BCUT2D eigenvalue weighted by Crippen LogP contribution is 2.34. The normalized spacial score (nSPS) is 12.2. The van der Waals surface area contributed by atoms with Gasteiger partial charge >= 0.3 is 12.1 Å². The van der Waals surface area contributed by atoms with Crippen LogP contribution in [0.3, 0.4) is 0 Å². The Balaban J connectivity index is 1.94. The molecule has 2 aromatic carbocycles. The smallest absolute Gasteiger partial charge is 0.417 e. The van der Waals surface area contributed by atoms with Gasteiger partial charge in [-0.1, -0.05) is 12.1 Å². The maximum atomic E-state index is 13.1. The molecule has 1 aromatic heterocycles. The van der Waals surface area contributed by atoms with Crippen molar-refractivity contribution in [2.45, 2.75) is 11.1 Å². The van der Waals surface area contributed by atoms with Gasteiger partial charge in [0.15, 0.2) is 5.76 Å². The van der Waals surface area contributed by atoms with Crippen molar-refractivity contribution in [2.24, 2.45) is 0 Å². The molecule has 0 aliphatic carbocycles. The number of hydrogen-bond acceptors (Lipinski definition) is 5. The van der Waals surface area contributed by atoms with Gasteiger partial charge in [0.1, 0.15) is 5.58 Å². The number of sulfonamides is 1. The number of alkyl halides is 3. The molecule has 28 heavy (non-hydrogen) atoms. The molecule has 0 saturated heterocycles. The summed E-state index contributed by atoms with van der Waals surface area (Å²) in [7, 11) is -1.15. The Hall–Kier alpha value is -3.01. The van der Waals surface area contributed by atoms with E-state index >= 15 is 0 Å². The first kappa shape index (κ1) is 19.7. The van der Waals surface area contributed by atoms with Crippen molar-refractivity contribution in [3.05, 3.63) is 59.9 Å². The Morgan fingerprint density at radius 2 is 1.75 bits per heavy atom. The van der Waals surface area contributed by atoms with Crippen LogP contribution in [-0.2, 0) is 16.2 Å². The number of carbonyl (C=O) groups excluding carboxylic acids is 1. The van der Waals surface area contributed by atoms with Gasteiger partial charge in [0.2, 0.25) is 0 Å². The van der Waals surface area contributed by atoms with Crippen molar-refractivity contribution in [3.8, 4) is 0 Å². The number of rotatable bonds is 4. The van der Waals surface area contributed by atoms with E-state index < -0.39 is 32.6 Å². The molecule has 0 radical (unpaired) electrons. The number of nitrogens with zero attached hydrogens (tertiary/aromatic N) is 1. The molecule has 148 valence electrons. The topological polar surface area (TPSA) is 79.6 Å². The van der Waals surface area contributed by atoms with E-state index in [1.165, 1.54) is 6.07 Å². The Bertz CT molecular complexity index is 1150. The highest BCUT2D eigenvalue weighted by Gasteiger charge is 2.37. The first-order valence-electron chi connectivity index (χ1n) is 7.93. The predicted molar refractivity (Wildman–Crippen MR) is 96.6 cm³/mol. The van der Waals surface area contributed by atoms with Gasteiger partial charge in [-0.2, -0.15) is 13.2 Å². The molecule has 3 aromatic rings. The van der Waals surface area contributed by atoms with Crippen LogP contribution in [-0.4, -0.2) is 28.4 Å². The lowest BCUT2D eigenvalue weighted by molar-refractivity contribution is -0.139. The fourth-order valence-electron chi connectivity index (χ4n) is 2.57. The molecule has 0 fully saturated rings. The van der Waals surface area contributed by atoms with E-state index in [2.05, 4.69) is 0 Å². The molecule has 0 atom stereocenters. The lowest BCUT2D eigenvalue weighted by Gasteiger charge is -2.13. The summed E-state index contributed by atoms with van der Waals surface area (Å²) in [6.07, 6.45) is -4.89. The number of halogens is 3. The summed E-state index contributed by atoms with van der Waals surface area (Å²) in [5, 5.41) is 0.545. The summed E-state index contributed by atoms with van der Waals surface area (Å²) in [5.41, 5.74) is -0.236. The third-order valence-corrected chi connectivity index (χ3v) is 5.34. The van der Waals surface area contributed by atoms with Gasteiger partial charge in [-0.3, -0.25) is 4.79 Å². The van der Waals surface area contributed by atoms with Crippen LogP contribution in [0.4, 0.5) is 18.9 Å². The fourth-order valence-corrected chi connectivity index (χ4v) is 3.76. The Morgan fingerprint density at radius 1 is 1.07 bits per heavy atom. The van der Waals surface area contributed by atoms with Gasteiger partial charge in [0, 0.05) is 31.2 Å². The number of hydrogen-bond donors (Lipinski definition) is 1. The zero-order chi connectivity index (χ0) is 20.7. The number of anilines is 1. The summed E-state index contributed by atoms with van der Waals surface area (Å²) in [4.78, 5) is 13.1. The van der Waals surface area contributed by atoms with Crippen LogP contribution >= 0.6 is 0 Å². The zero-order valence-electron chi connectivity index (χ0n) is 14.7. The second-order valence-electron chi connectivity index (χ2n) is 6.16. The Kier molecular flexibility index (Phi) is 4.84. The summed E-state index contributed by atoms with van der Waals surface area (Å²) in [6.45, 7) is 0. The first-order chi connectivity index (χ1) is 13.0. The van der Waals surface area contributed by atoms with Crippen molar-refractivity contribution in [3.63, 3.8) is 0 Å². The van der Waals surface area contributed by atoms with Gasteiger partial charge in [0.05, 0.1) is 10.5 Å². The summed E-state index contributed by atoms with van der Waals surface area (Å²) in [5.74, 6) is -1.50. The minimum atomic E-state index is -4.89. The number of carbonyl (C=O) groups is 1. The van der Waals surface area contributed by atoms with Gasteiger partial charge in [0.25, 0.3) is 10.0 Å². The average Bonchev–Trinajstić information content (AvgIpc) is 3.04. The highest BCUT2D eigenvalue weighted by molar-refractivity contribution is 7.90. The van der Waals surface area contributed by atoms with Crippen molar-refractivity contribution >= 4 is 32.6 Å². The molecule has 0 aliphatic heterocycles. The van der Waals surface area contributed by atoms with Crippen LogP contribution in [0.25, 0.3) is 11.0 Å². The number of nitrogens with one attached hydrogen (secondary N) is 1. The molecule has 0 aliphatic rings. The van der Waals surface area contributed by atoms with Crippen molar-refractivity contribution in [1.29, 1.82) is 0 Å². The molecule has 10 heteroatoms. The van der Waals surface area contributed by atoms with Crippen LogP contribution in [0.15, 0.2) is 57.8 Å². The molecule has 1 N–H and O–H groups in total. The predicted octanol–water partition coefficient (Wildman–Crippen LogP) is 3.64. The standard InChI is InChI=1S/C18H15F3N2O4S/c1-23(2)12-8-7-11-9-15(27-14(11)10-12)17(24)22-28(25,26)16-6-4-3-5-13(16)18(19,20)21/h3-10H,1-2H3,(H,22,24).